The summed E-state index contributed by atoms with van der Waals surface area (Å²) in [6, 6.07) is 0. The summed E-state index contributed by atoms with van der Waals surface area (Å²) in [5, 5.41) is 16.7. The lowest BCUT2D eigenvalue weighted by molar-refractivity contribution is -0.415. The van der Waals surface area contributed by atoms with Crippen LogP contribution < -0.4 is 10.2 Å². The maximum atomic E-state index is 8.33. The van der Waals surface area contributed by atoms with Gasteiger partial charge in [-0.15, -0.1) is 0 Å². The van der Waals surface area contributed by atoms with Crippen molar-refractivity contribution in [3.8, 4) is 0 Å². The van der Waals surface area contributed by atoms with Crippen LogP contribution in [0.25, 0.3) is 0 Å². The molecule has 4 heteroatoms. The average Bonchev–Trinajstić information content (AvgIpc) is 2.63. The third-order valence-electron chi connectivity index (χ3n) is 2.27. The fraction of sp³-hybridized carbons (Fsp3) is 0.875. The van der Waals surface area contributed by atoms with Crippen molar-refractivity contribution in [1.29, 1.82) is 0 Å². The first kappa shape index (κ1) is 9.32. The zero-order chi connectivity index (χ0) is 9.14. The van der Waals surface area contributed by atoms with E-state index >= 15 is 0 Å². The molecular weight excluding hydrogens is 160 g/mol. The first-order valence-electron chi connectivity index (χ1n) is 4.13. The van der Waals surface area contributed by atoms with E-state index in [4.69, 9.17) is 19.7 Å². The van der Waals surface area contributed by atoms with Gasteiger partial charge in [-0.3, -0.25) is 0 Å². The monoisotopic (exact) mass is 172 g/mol. The Morgan fingerprint density at radius 2 is 1.92 bits per heavy atom. The van der Waals surface area contributed by atoms with Crippen LogP contribution >= 0.6 is 0 Å². The zero-order valence-corrected chi connectivity index (χ0v) is 6.99. The van der Waals surface area contributed by atoms with Gasteiger partial charge in [0.05, 0.1) is 12.2 Å². The summed E-state index contributed by atoms with van der Waals surface area (Å²) in [4.78, 5) is 8.33. The smallest absolute Gasteiger partial charge is 0.0844 e. The number of hydrogen-bond acceptors (Lipinski definition) is 4. The van der Waals surface area contributed by atoms with Gasteiger partial charge in [0.2, 0.25) is 0 Å². The minimum atomic E-state index is -2.33. The lowest BCUT2D eigenvalue weighted by atomic mass is 9.91. The van der Waals surface area contributed by atoms with Crippen LogP contribution in [-0.4, -0.2) is 18.4 Å². The molecule has 1 heterocycles. The third-order valence-corrected chi connectivity index (χ3v) is 2.27. The molecule has 0 aromatic rings. The van der Waals surface area contributed by atoms with Crippen molar-refractivity contribution in [2.75, 3.05) is 0 Å². The molecule has 0 amide bonds. The van der Waals surface area contributed by atoms with Crippen molar-refractivity contribution in [2.45, 2.75) is 38.4 Å². The van der Waals surface area contributed by atoms with Gasteiger partial charge in [-0.1, -0.05) is 6.92 Å². The van der Waals surface area contributed by atoms with Gasteiger partial charge in [-0.05, 0) is 31.3 Å². The van der Waals surface area contributed by atoms with Crippen LogP contribution in [-0.2, 0) is 4.74 Å². The Morgan fingerprint density at radius 1 is 1.33 bits per heavy atom. The van der Waals surface area contributed by atoms with E-state index < -0.39 is 6.16 Å². The Bertz CT molecular complexity index is 164. The fourth-order valence-electron chi connectivity index (χ4n) is 1.60. The van der Waals surface area contributed by atoms with E-state index in [9.17, 15) is 0 Å². The summed E-state index contributed by atoms with van der Waals surface area (Å²) in [5.41, 5.74) is 0. The van der Waals surface area contributed by atoms with E-state index in [1.54, 1.807) is 0 Å². The Morgan fingerprint density at radius 3 is 2.33 bits per heavy atom. The van der Waals surface area contributed by atoms with Crippen LogP contribution in [0.15, 0.2) is 0 Å². The highest BCUT2D eigenvalue weighted by Crippen LogP contribution is 2.38. The summed E-state index contributed by atoms with van der Waals surface area (Å²) in [5.74, 6) is 0.929. The molecule has 2 fully saturated rings. The van der Waals surface area contributed by atoms with Gasteiger partial charge in [0.1, 0.15) is 0 Å². The van der Waals surface area contributed by atoms with Crippen molar-refractivity contribution >= 4 is 6.16 Å². The normalized spacial score (nSPS) is 37.2. The predicted octanol–water partition coefficient (Wildman–Crippen LogP) is -0.873. The molecule has 0 bridgehead atoms. The first-order valence-corrected chi connectivity index (χ1v) is 4.13. The van der Waals surface area contributed by atoms with Crippen LogP contribution in [0.1, 0.15) is 26.2 Å². The molecule has 0 N–H and O–H groups in total. The van der Waals surface area contributed by atoms with Gasteiger partial charge in [-0.25, -0.2) is 0 Å². The number of epoxide rings is 1. The molecule has 2 aliphatic rings. The molecule has 1 aliphatic carbocycles. The Balaban J connectivity index is 0.000000157. The number of carboxylic acid groups (broad SMARTS) is 2. The first-order chi connectivity index (χ1) is 5.59. The maximum Gasteiger partial charge on any atom is 0.0844 e. The minimum absolute atomic E-state index is 0.679. The molecule has 0 aromatic heterocycles. The van der Waals surface area contributed by atoms with Gasteiger partial charge >= 0.3 is 0 Å². The van der Waals surface area contributed by atoms with Crippen LogP contribution in [0.5, 0.6) is 0 Å². The van der Waals surface area contributed by atoms with Gasteiger partial charge in [0.25, 0.3) is 0 Å². The molecule has 1 saturated carbocycles. The van der Waals surface area contributed by atoms with E-state index in [0.717, 1.165) is 5.92 Å². The standard InChI is InChI=1S/C7H12O.CH2O3/c1-5-2-3-6-7(4-5)8-6;2-1(3)4/h5-7H,2-4H2,1H3;(H2,2,3,4)/p-2. The van der Waals surface area contributed by atoms with E-state index in [1.165, 1.54) is 19.3 Å². The number of ether oxygens (including phenoxy) is 1. The van der Waals surface area contributed by atoms with Crippen LogP contribution in [0.2, 0.25) is 0 Å². The summed E-state index contributed by atoms with van der Waals surface area (Å²) in [7, 11) is 0. The van der Waals surface area contributed by atoms with Gasteiger partial charge in [-0.2, -0.15) is 0 Å². The Hall–Kier alpha value is -0.770. The van der Waals surface area contributed by atoms with E-state index in [1.807, 2.05) is 0 Å². The van der Waals surface area contributed by atoms with Gasteiger partial charge in [0.15, 0.2) is 0 Å². The summed E-state index contributed by atoms with van der Waals surface area (Å²) >= 11 is 0. The molecule has 0 spiro atoms. The largest absolute Gasteiger partial charge is 0.652 e. The number of hydrogen-bond donors (Lipinski definition) is 0. The van der Waals surface area contributed by atoms with Gasteiger partial charge in [0, 0.05) is 0 Å². The molecule has 3 atom stereocenters. The Kier molecular flexibility index (Phi) is 2.92. The molecule has 1 aliphatic heterocycles. The second-order valence-corrected chi connectivity index (χ2v) is 3.38. The fourth-order valence-corrected chi connectivity index (χ4v) is 1.60. The zero-order valence-electron chi connectivity index (χ0n) is 6.99. The summed E-state index contributed by atoms with van der Waals surface area (Å²) < 4.78 is 5.35. The highest BCUT2D eigenvalue weighted by atomic mass is 16.6. The minimum Gasteiger partial charge on any atom is -0.652 e. The van der Waals surface area contributed by atoms with E-state index in [2.05, 4.69) is 6.92 Å². The van der Waals surface area contributed by atoms with Crippen molar-refractivity contribution in [2.24, 2.45) is 5.92 Å². The predicted molar refractivity (Wildman–Crippen MR) is 37.1 cm³/mol. The number of carbonyl (C=O) groups excluding carboxylic acids is 1. The van der Waals surface area contributed by atoms with Crippen LogP contribution in [0, 0.1) is 5.92 Å². The molecule has 2 rings (SSSR count). The molecule has 0 radical (unpaired) electrons. The Labute approximate surface area is 71.2 Å². The number of carbonyl (C=O) groups is 1. The molecule has 70 valence electrons. The molecule has 12 heavy (non-hydrogen) atoms. The highest BCUT2D eigenvalue weighted by molar-refractivity contribution is 5.47. The third kappa shape index (κ3) is 3.09. The van der Waals surface area contributed by atoms with E-state index in [-0.39, 0.29) is 0 Å². The van der Waals surface area contributed by atoms with E-state index in [0.29, 0.717) is 12.2 Å². The van der Waals surface area contributed by atoms with Crippen LogP contribution in [0.3, 0.4) is 0 Å². The quantitative estimate of drug-likeness (QED) is 0.445. The summed E-state index contributed by atoms with van der Waals surface area (Å²) in [6.45, 7) is 2.32. The number of fused-ring (bicyclic) bond motifs is 1. The maximum absolute atomic E-state index is 8.33. The molecular formula is C8H12O4-2. The lowest BCUT2D eigenvalue weighted by Crippen LogP contribution is -2.37. The second-order valence-electron chi connectivity index (χ2n) is 3.38. The second kappa shape index (κ2) is 3.76. The molecule has 4 nitrogen and oxygen atoms in total. The average molecular weight is 172 g/mol. The van der Waals surface area contributed by atoms with Crippen molar-refractivity contribution in [3.63, 3.8) is 0 Å². The van der Waals surface area contributed by atoms with Crippen LogP contribution in [0.4, 0.5) is 4.79 Å². The van der Waals surface area contributed by atoms with Gasteiger partial charge < -0.3 is 19.7 Å². The molecule has 0 aromatic carbocycles. The molecule has 3 unspecified atom stereocenters. The highest BCUT2D eigenvalue weighted by Gasteiger charge is 2.42. The van der Waals surface area contributed by atoms with Crippen molar-refractivity contribution in [1.82, 2.24) is 0 Å². The molecule has 1 saturated heterocycles. The number of rotatable bonds is 0. The lowest BCUT2D eigenvalue weighted by Gasteiger charge is -2.11. The topological polar surface area (TPSA) is 75.7 Å². The van der Waals surface area contributed by atoms with Crippen molar-refractivity contribution in [3.05, 3.63) is 0 Å². The SMILES string of the molecule is CC1CCC2OC2C1.O=C([O-])[O-]. The summed E-state index contributed by atoms with van der Waals surface area (Å²) in [6.07, 6.45) is 3.07. The van der Waals surface area contributed by atoms with Crippen molar-refractivity contribution < 1.29 is 19.7 Å².